The highest BCUT2D eigenvalue weighted by Crippen LogP contribution is 2.33. The van der Waals surface area contributed by atoms with E-state index in [2.05, 4.69) is 27.9 Å². The molecule has 2 heterocycles. The maximum atomic E-state index is 11.2. The summed E-state index contributed by atoms with van der Waals surface area (Å²) >= 11 is 0. The van der Waals surface area contributed by atoms with Crippen molar-refractivity contribution in [1.82, 2.24) is 9.97 Å². The molecule has 3 rings (SSSR count). The Labute approximate surface area is 157 Å². The minimum atomic E-state index is -0.437. The summed E-state index contributed by atoms with van der Waals surface area (Å²) in [7, 11) is 0. The summed E-state index contributed by atoms with van der Waals surface area (Å²) in [6, 6.07) is 7.14. The van der Waals surface area contributed by atoms with E-state index in [-0.39, 0.29) is 17.5 Å². The van der Waals surface area contributed by atoms with Crippen molar-refractivity contribution in [1.29, 1.82) is 5.26 Å². The van der Waals surface area contributed by atoms with Crippen LogP contribution in [0, 0.1) is 21.4 Å². The molecule has 1 fully saturated rings. The molecule has 140 valence electrons. The standard InChI is InChI=1S/C18H20N6O3/c1-3-27-17-10-14(4-5-16(17)24(25)26)23-9-8-22(12-13(23)2)18-15(11-19)20-6-7-21-18/h4-7,10,13H,3,8-9,12H2,1-2H3. The summed E-state index contributed by atoms with van der Waals surface area (Å²) in [6.07, 6.45) is 3.09. The van der Waals surface area contributed by atoms with Gasteiger partial charge in [0, 0.05) is 55.9 Å². The number of piperazine rings is 1. The van der Waals surface area contributed by atoms with Gasteiger partial charge in [-0.25, -0.2) is 9.97 Å². The van der Waals surface area contributed by atoms with Crippen LogP contribution in [0.1, 0.15) is 19.5 Å². The van der Waals surface area contributed by atoms with Gasteiger partial charge in [-0.3, -0.25) is 10.1 Å². The van der Waals surface area contributed by atoms with Crippen LogP contribution in [0.15, 0.2) is 30.6 Å². The fourth-order valence-corrected chi connectivity index (χ4v) is 3.28. The number of anilines is 2. The Morgan fingerprint density at radius 3 is 2.81 bits per heavy atom. The van der Waals surface area contributed by atoms with Crippen LogP contribution in [0.25, 0.3) is 0 Å². The second-order valence-electron chi connectivity index (χ2n) is 6.17. The average Bonchev–Trinajstić information content (AvgIpc) is 2.68. The van der Waals surface area contributed by atoms with Gasteiger partial charge < -0.3 is 14.5 Å². The first-order valence-electron chi connectivity index (χ1n) is 8.69. The van der Waals surface area contributed by atoms with E-state index < -0.39 is 4.92 Å². The molecule has 0 bridgehead atoms. The summed E-state index contributed by atoms with van der Waals surface area (Å²) in [5.74, 6) is 0.862. The monoisotopic (exact) mass is 368 g/mol. The van der Waals surface area contributed by atoms with Crippen molar-refractivity contribution in [2.24, 2.45) is 0 Å². The fraction of sp³-hybridized carbons (Fsp3) is 0.389. The first-order chi connectivity index (χ1) is 13.0. The maximum Gasteiger partial charge on any atom is 0.311 e. The van der Waals surface area contributed by atoms with E-state index in [1.165, 1.54) is 12.3 Å². The van der Waals surface area contributed by atoms with E-state index in [1.807, 2.05) is 4.90 Å². The summed E-state index contributed by atoms with van der Waals surface area (Å²) in [5, 5.41) is 20.4. The summed E-state index contributed by atoms with van der Waals surface area (Å²) in [5.41, 5.74) is 1.15. The third kappa shape index (κ3) is 3.74. The Bertz CT molecular complexity index is 882. The molecule has 0 radical (unpaired) electrons. The number of hydrogen-bond acceptors (Lipinski definition) is 8. The van der Waals surface area contributed by atoms with Crippen LogP contribution in [-0.2, 0) is 0 Å². The number of aromatic nitrogens is 2. The smallest absolute Gasteiger partial charge is 0.311 e. The van der Waals surface area contributed by atoms with Gasteiger partial charge in [0.25, 0.3) is 0 Å². The van der Waals surface area contributed by atoms with E-state index in [0.29, 0.717) is 37.8 Å². The van der Waals surface area contributed by atoms with Gasteiger partial charge in [0.1, 0.15) is 6.07 Å². The van der Waals surface area contributed by atoms with Gasteiger partial charge in [-0.1, -0.05) is 0 Å². The first-order valence-corrected chi connectivity index (χ1v) is 8.69. The predicted octanol–water partition coefficient (Wildman–Crippen LogP) is 2.37. The van der Waals surface area contributed by atoms with Crippen molar-refractivity contribution >= 4 is 17.2 Å². The Morgan fingerprint density at radius 1 is 1.37 bits per heavy atom. The number of nitriles is 1. The van der Waals surface area contributed by atoms with E-state index >= 15 is 0 Å². The lowest BCUT2D eigenvalue weighted by atomic mass is 10.1. The minimum absolute atomic E-state index is 0.0369. The second-order valence-corrected chi connectivity index (χ2v) is 6.17. The molecule has 0 aliphatic carbocycles. The van der Waals surface area contributed by atoms with Crippen LogP contribution in [0.3, 0.4) is 0 Å². The van der Waals surface area contributed by atoms with Gasteiger partial charge in [0.2, 0.25) is 0 Å². The Morgan fingerprint density at radius 2 is 2.15 bits per heavy atom. The van der Waals surface area contributed by atoms with Gasteiger partial charge in [-0.15, -0.1) is 0 Å². The second kappa shape index (κ2) is 7.86. The summed E-state index contributed by atoms with van der Waals surface area (Å²) in [4.78, 5) is 23.3. The molecule has 2 aromatic rings. The lowest BCUT2D eigenvalue weighted by molar-refractivity contribution is -0.385. The zero-order chi connectivity index (χ0) is 19.4. The number of ether oxygens (including phenoxy) is 1. The van der Waals surface area contributed by atoms with E-state index in [4.69, 9.17) is 4.74 Å². The molecule has 1 aliphatic heterocycles. The maximum absolute atomic E-state index is 11.2. The zero-order valence-corrected chi connectivity index (χ0v) is 15.2. The van der Waals surface area contributed by atoms with Crippen molar-refractivity contribution in [3.05, 3.63) is 46.4 Å². The molecule has 9 heteroatoms. The highest BCUT2D eigenvalue weighted by molar-refractivity contribution is 5.61. The van der Waals surface area contributed by atoms with Crippen molar-refractivity contribution in [3.8, 4) is 11.8 Å². The quantitative estimate of drug-likeness (QED) is 0.584. The molecule has 0 saturated carbocycles. The highest BCUT2D eigenvalue weighted by atomic mass is 16.6. The number of rotatable bonds is 5. The first kappa shape index (κ1) is 18.4. The van der Waals surface area contributed by atoms with Gasteiger partial charge in [-0.05, 0) is 19.9 Å². The van der Waals surface area contributed by atoms with Crippen LogP contribution in [-0.4, -0.2) is 47.2 Å². The lowest BCUT2D eigenvalue weighted by Crippen LogP contribution is -2.52. The number of benzene rings is 1. The molecular formula is C18H20N6O3. The van der Waals surface area contributed by atoms with Crippen molar-refractivity contribution in [2.45, 2.75) is 19.9 Å². The SMILES string of the molecule is CCOc1cc(N2CCN(c3nccnc3C#N)CC2C)ccc1[N+](=O)[O-]. The molecule has 1 atom stereocenters. The fourth-order valence-electron chi connectivity index (χ4n) is 3.28. The largest absolute Gasteiger partial charge is 0.487 e. The molecule has 1 aromatic heterocycles. The van der Waals surface area contributed by atoms with Gasteiger partial charge >= 0.3 is 5.69 Å². The third-order valence-electron chi connectivity index (χ3n) is 4.48. The molecule has 0 amide bonds. The van der Waals surface area contributed by atoms with Gasteiger partial charge in [0.15, 0.2) is 17.3 Å². The molecule has 1 aromatic carbocycles. The third-order valence-corrected chi connectivity index (χ3v) is 4.48. The molecule has 1 unspecified atom stereocenters. The van der Waals surface area contributed by atoms with Crippen molar-refractivity contribution in [2.75, 3.05) is 36.0 Å². The minimum Gasteiger partial charge on any atom is -0.487 e. The Balaban J connectivity index is 1.82. The van der Waals surface area contributed by atoms with Crippen molar-refractivity contribution in [3.63, 3.8) is 0 Å². The molecule has 27 heavy (non-hydrogen) atoms. The number of nitro benzene ring substituents is 1. The van der Waals surface area contributed by atoms with Gasteiger partial charge in [-0.2, -0.15) is 5.26 Å². The van der Waals surface area contributed by atoms with Crippen LogP contribution in [0.4, 0.5) is 17.2 Å². The normalized spacial score (nSPS) is 16.7. The molecule has 0 N–H and O–H groups in total. The highest BCUT2D eigenvalue weighted by Gasteiger charge is 2.28. The predicted molar refractivity (Wildman–Crippen MR) is 100 cm³/mol. The van der Waals surface area contributed by atoms with Gasteiger partial charge in [0.05, 0.1) is 11.5 Å². The Kier molecular flexibility index (Phi) is 5.35. The van der Waals surface area contributed by atoms with Crippen LogP contribution in [0.2, 0.25) is 0 Å². The van der Waals surface area contributed by atoms with Crippen LogP contribution < -0.4 is 14.5 Å². The van der Waals surface area contributed by atoms with E-state index in [9.17, 15) is 15.4 Å². The van der Waals surface area contributed by atoms with E-state index in [0.717, 1.165) is 5.69 Å². The number of nitrogens with zero attached hydrogens (tertiary/aromatic N) is 6. The molecule has 0 spiro atoms. The molecular weight excluding hydrogens is 348 g/mol. The molecule has 1 aliphatic rings. The average molecular weight is 368 g/mol. The number of hydrogen-bond donors (Lipinski definition) is 0. The van der Waals surface area contributed by atoms with E-state index in [1.54, 1.807) is 25.3 Å². The van der Waals surface area contributed by atoms with Crippen LogP contribution in [0.5, 0.6) is 5.75 Å². The lowest BCUT2D eigenvalue weighted by Gasteiger charge is -2.41. The zero-order valence-electron chi connectivity index (χ0n) is 15.2. The topological polar surface area (TPSA) is 108 Å². The summed E-state index contributed by atoms with van der Waals surface area (Å²) < 4.78 is 5.45. The number of nitro groups is 1. The summed E-state index contributed by atoms with van der Waals surface area (Å²) in [6.45, 7) is 6.23. The molecule has 9 nitrogen and oxygen atoms in total. The molecule has 1 saturated heterocycles. The Hall–Kier alpha value is -3.41. The van der Waals surface area contributed by atoms with Crippen molar-refractivity contribution < 1.29 is 9.66 Å². The van der Waals surface area contributed by atoms with Crippen LogP contribution >= 0.6 is 0 Å².